The maximum atomic E-state index is 13.4. The van der Waals surface area contributed by atoms with Crippen LogP contribution in [0.1, 0.15) is 17.4 Å². The normalized spacial score (nSPS) is 11.7. The molecule has 4 aromatic rings. The molecule has 0 aliphatic heterocycles. The molecule has 2 aromatic heterocycles. The SMILES string of the molecule is C[C@@H](Oc1ccc2c(-c3ccc(F)cc3Cl)cc(=O)oc2c1)C(=O)Nc1cccc(C(=O)O)n1. The van der Waals surface area contributed by atoms with Crippen LogP contribution in [0.3, 0.4) is 0 Å². The largest absolute Gasteiger partial charge is 0.481 e. The first-order chi connectivity index (χ1) is 16.2. The fourth-order valence-corrected chi connectivity index (χ4v) is 3.53. The van der Waals surface area contributed by atoms with Crippen LogP contribution in [0.5, 0.6) is 5.75 Å². The average molecular weight is 483 g/mol. The number of hydrogen-bond acceptors (Lipinski definition) is 6. The van der Waals surface area contributed by atoms with Crippen LogP contribution in [-0.4, -0.2) is 28.1 Å². The van der Waals surface area contributed by atoms with Crippen molar-refractivity contribution < 1.29 is 28.2 Å². The molecule has 8 nitrogen and oxygen atoms in total. The number of rotatable bonds is 6. The quantitative estimate of drug-likeness (QED) is 0.380. The number of pyridine rings is 1. The molecule has 0 spiro atoms. The molecule has 0 saturated heterocycles. The summed E-state index contributed by atoms with van der Waals surface area (Å²) < 4.78 is 24.4. The molecule has 0 bridgehead atoms. The predicted octanol–water partition coefficient (Wildman–Crippen LogP) is 4.75. The fourth-order valence-electron chi connectivity index (χ4n) is 3.26. The van der Waals surface area contributed by atoms with Gasteiger partial charge in [-0.3, -0.25) is 4.79 Å². The first-order valence-corrected chi connectivity index (χ1v) is 10.3. The number of aromatic carboxylic acids is 1. The summed E-state index contributed by atoms with van der Waals surface area (Å²) in [6, 6.07) is 14.0. The summed E-state index contributed by atoms with van der Waals surface area (Å²) in [6.45, 7) is 1.49. The molecule has 2 heterocycles. The van der Waals surface area contributed by atoms with Crippen LogP contribution in [0.4, 0.5) is 10.2 Å². The molecular formula is C24H16ClFN2O6. The van der Waals surface area contributed by atoms with Crippen LogP contribution in [0.2, 0.25) is 5.02 Å². The Morgan fingerprint density at radius 1 is 1.12 bits per heavy atom. The van der Waals surface area contributed by atoms with Crippen molar-refractivity contribution in [2.75, 3.05) is 5.32 Å². The van der Waals surface area contributed by atoms with Crippen molar-refractivity contribution >= 4 is 40.3 Å². The van der Waals surface area contributed by atoms with Gasteiger partial charge in [0.1, 0.15) is 23.0 Å². The molecule has 1 atom stereocenters. The lowest BCUT2D eigenvalue weighted by atomic mass is 10.0. The van der Waals surface area contributed by atoms with Crippen molar-refractivity contribution in [3.05, 3.63) is 87.6 Å². The van der Waals surface area contributed by atoms with Gasteiger partial charge in [0.05, 0.1) is 5.02 Å². The number of carbonyl (C=O) groups excluding carboxylic acids is 1. The third kappa shape index (κ3) is 4.89. The molecule has 0 fully saturated rings. The Hall–Kier alpha value is -4.24. The third-order valence-corrected chi connectivity index (χ3v) is 5.15. The van der Waals surface area contributed by atoms with E-state index in [4.69, 9.17) is 25.9 Å². The van der Waals surface area contributed by atoms with Crippen LogP contribution in [0, 0.1) is 5.82 Å². The lowest BCUT2D eigenvalue weighted by molar-refractivity contribution is -0.122. The summed E-state index contributed by atoms with van der Waals surface area (Å²) in [5.74, 6) is -1.99. The third-order valence-electron chi connectivity index (χ3n) is 4.84. The molecule has 0 radical (unpaired) electrons. The summed E-state index contributed by atoms with van der Waals surface area (Å²) in [4.78, 5) is 39.5. The van der Waals surface area contributed by atoms with Crippen LogP contribution in [-0.2, 0) is 4.79 Å². The number of nitrogens with zero attached hydrogens (tertiary/aromatic N) is 1. The van der Waals surface area contributed by atoms with Crippen LogP contribution in [0.15, 0.2) is 69.9 Å². The molecule has 1 amide bonds. The minimum absolute atomic E-state index is 0.0608. The number of hydrogen-bond donors (Lipinski definition) is 2. The van der Waals surface area contributed by atoms with Gasteiger partial charge in [-0.15, -0.1) is 0 Å². The Morgan fingerprint density at radius 3 is 2.65 bits per heavy atom. The molecule has 2 aromatic carbocycles. The molecule has 172 valence electrons. The number of anilines is 1. The zero-order valence-electron chi connectivity index (χ0n) is 17.5. The average Bonchev–Trinajstić information content (AvgIpc) is 2.78. The van der Waals surface area contributed by atoms with Gasteiger partial charge in [0.15, 0.2) is 11.8 Å². The molecule has 0 aliphatic carbocycles. The summed E-state index contributed by atoms with van der Waals surface area (Å²) in [5, 5.41) is 12.2. The van der Waals surface area contributed by atoms with Gasteiger partial charge < -0.3 is 19.6 Å². The van der Waals surface area contributed by atoms with E-state index in [1.54, 1.807) is 12.1 Å². The van der Waals surface area contributed by atoms with Gasteiger partial charge in [-0.25, -0.2) is 19.0 Å². The van der Waals surface area contributed by atoms with E-state index in [1.165, 1.54) is 49.4 Å². The number of halogens is 2. The van der Waals surface area contributed by atoms with Gasteiger partial charge in [-0.2, -0.15) is 0 Å². The number of carbonyl (C=O) groups is 2. The Bertz CT molecular complexity index is 1490. The van der Waals surface area contributed by atoms with E-state index in [9.17, 15) is 18.8 Å². The molecule has 4 rings (SSSR count). The highest BCUT2D eigenvalue weighted by Gasteiger charge is 2.18. The highest BCUT2D eigenvalue weighted by Crippen LogP contribution is 2.34. The van der Waals surface area contributed by atoms with E-state index in [0.717, 1.165) is 6.07 Å². The maximum Gasteiger partial charge on any atom is 0.354 e. The number of ether oxygens (including phenoxy) is 1. The van der Waals surface area contributed by atoms with Crippen molar-refractivity contribution in [1.29, 1.82) is 0 Å². The van der Waals surface area contributed by atoms with E-state index in [2.05, 4.69) is 10.3 Å². The zero-order valence-corrected chi connectivity index (χ0v) is 18.3. The Labute approximate surface area is 196 Å². The fraction of sp³-hybridized carbons (Fsp3) is 0.0833. The highest BCUT2D eigenvalue weighted by atomic mass is 35.5. The highest BCUT2D eigenvalue weighted by molar-refractivity contribution is 6.33. The number of fused-ring (bicyclic) bond motifs is 1. The van der Waals surface area contributed by atoms with Gasteiger partial charge >= 0.3 is 11.6 Å². The first kappa shape index (κ1) is 22.9. The van der Waals surface area contributed by atoms with Gasteiger partial charge in [0.2, 0.25) is 0 Å². The zero-order chi connectivity index (χ0) is 24.4. The predicted molar refractivity (Wildman–Crippen MR) is 123 cm³/mol. The number of aromatic nitrogens is 1. The van der Waals surface area contributed by atoms with E-state index >= 15 is 0 Å². The standard InChI is InChI=1S/C24H16ClFN2O6/c1-12(23(30)28-21-4-2-3-19(27-21)24(31)32)33-14-6-8-16-17(11-22(29)34-20(16)10-14)15-7-5-13(26)9-18(15)25/h2-12H,1H3,(H,31,32)(H,27,28,30)/t12-/m1/s1. The number of benzene rings is 2. The van der Waals surface area contributed by atoms with Crippen LogP contribution in [0.25, 0.3) is 22.1 Å². The summed E-state index contributed by atoms with van der Waals surface area (Å²) >= 11 is 6.17. The lowest BCUT2D eigenvalue weighted by Gasteiger charge is -2.15. The van der Waals surface area contributed by atoms with Gasteiger partial charge in [0.25, 0.3) is 5.91 Å². The smallest absolute Gasteiger partial charge is 0.354 e. The Morgan fingerprint density at radius 2 is 1.91 bits per heavy atom. The van der Waals surface area contributed by atoms with Gasteiger partial charge in [-0.05, 0) is 49.4 Å². The second-order valence-electron chi connectivity index (χ2n) is 7.22. The summed E-state index contributed by atoms with van der Waals surface area (Å²) in [7, 11) is 0. The molecule has 0 unspecified atom stereocenters. The van der Waals surface area contributed by atoms with Crippen LogP contribution < -0.4 is 15.7 Å². The van der Waals surface area contributed by atoms with Gasteiger partial charge in [0, 0.05) is 28.6 Å². The summed E-state index contributed by atoms with van der Waals surface area (Å²) in [5.41, 5.74) is 0.239. The number of carboxylic acid groups (broad SMARTS) is 1. The summed E-state index contributed by atoms with van der Waals surface area (Å²) in [6.07, 6.45) is -0.991. The number of carboxylic acids is 1. The second-order valence-corrected chi connectivity index (χ2v) is 7.63. The van der Waals surface area contributed by atoms with Crippen molar-refractivity contribution in [2.24, 2.45) is 0 Å². The van der Waals surface area contributed by atoms with Crippen molar-refractivity contribution in [3.8, 4) is 16.9 Å². The van der Waals surface area contributed by atoms with E-state index < -0.39 is 29.4 Å². The lowest BCUT2D eigenvalue weighted by Crippen LogP contribution is -2.30. The molecule has 2 N–H and O–H groups in total. The van der Waals surface area contributed by atoms with E-state index in [0.29, 0.717) is 16.5 Å². The van der Waals surface area contributed by atoms with E-state index in [1.807, 2.05) is 0 Å². The molecule has 34 heavy (non-hydrogen) atoms. The topological polar surface area (TPSA) is 119 Å². The maximum absolute atomic E-state index is 13.4. The Balaban J connectivity index is 1.58. The molecule has 0 saturated carbocycles. The minimum atomic E-state index is -1.22. The monoisotopic (exact) mass is 482 g/mol. The van der Waals surface area contributed by atoms with E-state index in [-0.39, 0.29) is 27.9 Å². The molecular weight excluding hydrogens is 467 g/mol. The van der Waals surface area contributed by atoms with Crippen molar-refractivity contribution in [1.82, 2.24) is 4.98 Å². The first-order valence-electron chi connectivity index (χ1n) is 9.92. The van der Waals surface area contributed by atoms with Gasteiger partial charge in [-0.1, -0.05) is 17.7 Å². The number of amides is 1. The molecule has 10 heteroatoms. The van der Waals surface area contributed by atoms with Crippen molar-refractivity contribution in [3.63, 3.8) is 0 Å². The second kappa shape index (κ2) is 9.32. The van der Waals surface area contributed by atoms with Crippen molar-refractivity contribution in [2.45, 2.75) is 13.0 Å². The molecule has 0 aliphatic rings. The number of nitrogens with one attached hydrogen (secondary N) is 1. The minimum Gasteiger partial charge on any atom is -0.481 e. The Kier molecular flexibility index (Phi) is 6.29. The van der Waals surface area contributed by atoms with Crippen LogP contribution >= 0.6 is 11.6 Å².